The van der Waals surface area contributed by atoms with Crippen LogP contribution in [0.1, 0.15) is 18.1 Å². The predicted octanol–water partition coefficient (Wildman–Crippen LogP) is 1.62. The lowest BCUT2D eigenvalue weighted by Crippen LogP contribution is -3.08. The maximum Gasteiger partial charge on any atom is 0.279 e. The molecule has 6 nitrogen and oxygen atoms in total. The summed E-state index contributed by atoms with van der Waals surface area (Å²) in [7, 11) is 3.63. The van der Waals surface area contributed by atoms with E-state index in [1.807, 2.05) is 26.1 Å². The molecule has 0 bridgehead atoms. The summed E-state index contributed by atoms with van der Waals surface area (Å²) in [6, 6.07) is 13.1. The minimum Gasteiger partial charge on any atom is -0.496 e. The first-order valence-corrected chi connectivity index (χ1v) is 8.49. The van der Waals surface area contributed by atoms with Crippen molar-refractivity contribution in [2.45, 2.75) is 20.4 Å². The van der Waals surface area contributed by atoms with E-state index in [-0.39, 0.29) is 11.8 Å². The van der Waals surface area contributed by atoms with Crippen LogP contribution in [0.3, 0.4) is 0 Å². The second-order valence-corrected chi connectivity index (χ2v) is 6.43. The third-order valence-electron chi connectivity index (χ3n) is 3.88. The molecule has 0 aliphatic carbocycles. The van der Waals surface area contributed by atoms with Crippen LogP contribution in [-0.4, -0.2) is 32.5 Å². The number of ether oxygens (including phenoxy) is 1. The smallest absolute Gasteiger partial charge is 0.279 e. The van der Waals surface area contributed by atoms with Crippen molar-refractivity contribution in [1.82, 2.24) is 0 Å². The zero-order valence-corrected chi connectivity index (χ0v) is 15.7. The quantitative estimate of drug-likeness (QED) is 0.706. The Balaban J connectivity index is 1.91. The van der Waals surface area contributed by atoms with E-state index in [1.165, 1.54) is 6.92 Å². The number of benzene rings is 2. The number of rotatable bonds is 7. The molecule has 6 heteroatoms. The van der Waals surface area contributed by atoms with Crippen LogP contribution in [0.5, 0.6) is 5.75 Å². The number of nitrogens with one attached hydrogen (secondary N) is 3. The number of methoxy groups -OCH3 is 1. The normalized spacial score (nSPS) is 11.5. The van der Waals surface area contributed by atoms with Crippen LogP contribution < -0.4 is 20.3 Å². The summed E-state index contributed by atoms with van der Waals surface area (Å²) < 4.78 is 5.40. The summed E-state index contributed by atoms with van der Waals surface area (Å²) in [6.45, 7) is 4.53. The van der Waals surface area contributed by atoms with Crippen molar-refractivity contribution in [3.8, 4) is 5.75 Å². The number of carbonyl (C=O) groups is 2. The van der Waals surface area contributed by atoms with Gasteiger partial charge in [0, 0.05) is 23.9 Å². The van der Waals surface area contributed by atoms with Gasteiger partial charge in [-0.15, -0.1) is 0 Å². The van der Waals surface area contributed by atoms with Crippen molar-refractivity contribution < 1.29 is 19.2 Å². The highest BCUT2D eigenvalue weighted by Gasteiger charge is 2.14. The molecule has 26 heavy (non-hydrogen) atoms. The summed E-state index contributed by atoms with van der Waals surface area (Å²) in [5.41, 5.74) is 3.64. The first-order chi connectivity index (χ1) is 12.4. The van der Waals surface area contributed by atoms with Gasteiger partial charge < -0.3 is 20.3 Å². The van der Waals surface area contributed by atoms with E-state index >= 15 is 0 Å². The largest absolute Gasteiger partial charge is 0.496 e. The molecule has 0 heterocycles. The molecule has 0 fully saturated rings. The summed E-state index contributed by atoms with van der Waals surface area (Å²) in [4.78, 5) is 24.3. The monoisotopic (exact) mass is 356 g/mol. The molecule has 138 valence electrons. The third kappa shape index (κ3) is 5.89. The molecular formula is C20H26N3O3+. The van der Waals surface area contributed by atoms with Crippen molar-refractivity contribution >= 4 is 23.2 Å². The van der Waals surface area contributed by atoms with Crippen LogP contribution in [0, 0.1) is 6.92 Å². The Morgan fingerprint density at radius 1 is 1.04 bits per heavy atom. The van der Waals surface area contributed by atoms with Crippen LogP contribution in [0.15, 0.2) is 42.5 Å². The molecule has 2 aromatic rings. The zero-order chi connectivity index (χ0) is 19.1. The fraction of sp³-hybridized carbons (Fsp3) is 0.300. The van der Waals surface area contributed by atoms with E-state index in [4.69, 9.17) is 4.74 Å². The summed E-state index contributed by atoms with van der Waals surface area (Å²) in [5, 5.41) is 5.57. The van der Waals surface area contributed by atoms with Gasteiger partial charge in [0.25, 0.3) is 5.91 Å². The van der Waals surface area contributed by atoms with Gasteiger partial charge in [0.05, 0.1) is 14.2 Å². The maximum absolute atomic E-state index is 12.3. The van der Waals surface area contributed by atoms with Crippen LogP contribution in [0.25, 0.3) is 0 Å². The highest BCUT2D eigenvalue weighted by molar-refractivity contribution is 5.92. The van der Waals surface area contributed by atoms with Gasteiger partial charge in [0.15, 0.2) is 6.54 Å². The molecule has 0 aromatic heterocycles. The second kappa shape index (κ2) is 9.01. The van der Waals surface area contributed by atoms with Gasteiger partial charge in [0.2, 0.25) is 5.91 Å². The molecule has 0 saturated carbocycles. The average Bonchev–Trinajstić information content (AvgIpc) is 2.56. The van der Waals surface area contributed by atoms with Crippen molar-refractivity contribution in [3.63, 3.8) is 0 Å². The Hall–Kier alpha value is -2.86. The Morgan fingerprint density at radius 2 is 1.65 bits per heavy atom. The lowest BCUT2D eigenvalue weighted by Gasteiger charge is -2.16. The minimum absolute atomic E-state index is 0.0682. The van der Waals surface area contributed by atoms with Crippen LogP contribution in [0.4, 0.5) is 11.4 Å². The SMILES string of the molecule is COc1ccc(C)cc1C[NH+](C)CC(=O)Nc1ccc(NC(C)=O)cc1. The third-order valence-corrected chi connectivity index (χ3v) is 3.88. The van der Waals surface area contributed by atoms with Gasteiger partial charge in [0.1, 0.15) is 12.3 Å². The highest BCUT2D eigenvalue weighted by atomic mass is 16.5. The van der Waals surface area contributed by atoms with Crippen molar-refractivity contribution in [2.75, 3.05) is 31.3 Å². The molecule has 2 aromatic carbocycles. The van der Waals surface area contributed by atoms with Gasteiger partial charge in [-0.05, 0) is 43.3 Å². The first-order valence-electron chi connectivity index (χ1n) is 8.49. The number of aryl methyl sites for hydroxylation is 1. The first kappa shape index (κ1) is 19.5. The standard InChI is InChI=1S/C20H25N3O3/c1-14-5-10-19(26-4)16(11-14)12-23(3)13-20(25)22-18-8-6-17(7-9-18)21-15(2)24/h5-11H,12-13H2,1-4H3,(H,21,24)(H,22,25)/p+1. The minimum atomic E-state index is -0.126. The number of anilines is 2. The van der Waals surface area contributed by atoms with Crippen LogP contribution >= 0.6 is 0 Å². The summed E-state index contributed by atoms with van der Waals surface area (Å²) in [6.07, 6.45) is 0. The van der Waals surface area contributed by atoms with Gasteiger partial charge in [-0.25, -0.2) is 0 Å². The molecule has 0 spiro atoms. The van der Waals surface area contributed by atoms with Crippen LogP contribution in [0.2, 0.25) is 0 Å². The summed E-state index contributed by atoms with van der Waals surface area (Å²) >= 11 is 0. The molecule has 0 radical (unpaired) electrons. The fourth-order valence-electron chi connectivity index (χ4n) is 2.75. The fourth-order valence-corrected chi connectivity index (χ4v) is 2.75. The van der Waals surface area contributed by atoms with Gasteiger partial charge in [-0.3, -0.25) is 9.59 Å². The summed E-state index contributed by atoms with van der Waals surface area (Å²) in [5.74, 6) is 0.643. The highest BCUT2D eigenvalue weighted by Crippen LogP contribution is 2.18. The maximum atomic E-state index is 12.3. The van der Waals surface area contributed by atoms with E-state index in [2.05, 4.69) is 16.7 Å². The van der Waals surface area contributed by atoms with Gasteiger partial charge >= 0.3 is 0 Å². The van der Waals surface area contributed by atoms with E-state index in [0.717, 1.165) is 21.8 Å². The van der Waals surface area contributed by atoms with E-state index in [1.54, 1.807) is 31.4 Å². The van der Waals surface area contributed by atoms with Crippen LogP contribution in [-0.2, 0) is 16.1 Å². The zero-order valence-electron chi connectivity index (χ0n) is 15.7. The Bertz CT molecular complexity index is 772. The molecule has 0 saturated heterocycles. The number of carbonyl (C=O) groups excluding carboxylic acids is 2. The Kier molecular flexibility index (Phi) is 6.74. The van der Waals surface area contributed by atoms with E-state index in [0.29, 0.717) is 24.5 Å². The van der Waals surface area contributed by atoms with Crippen molar-refractivity contribution in [2.24, 2.45) is 0 Å². The number of hydrogen-bond acceptors (Lipinski definition) is 3. The molecular weight excluding hydrogens is 330 g/mol. The number of amides is 2. The molecule has 2 rings (SSSR count). The van der Waals surface area contributed by atoms with Crippen molar-refractivity contribution in [1.29, 1.82) is 0 Å². The lowest BCUT2D eigenvalue weighted by molar-refractivity contribution is -0.885. The number of hydrogen-bond donors (Lipinski definition) is 3. The topological polar surface area (TPSA) is 71.9 Å². The molecule has 0 aliphatic rings. The molecule has 1 atom stereocenters. The van der Waals surface area contributed by atoms with E-state index in [9.17, 15) is 9.59 Å². The Morgan fingerprint density at radius 3 is 2.23 bits per heavy atom. The number of likely N-dealkylation sites (N-methyl/N-ethyl adjacent to an activating group) is 1. The predicted molar refractivity (Wildman–Crippen MR) is 103 cm³/mol. The molecule has 3 N–H and O–H groups in total. The molecule has 1 unspecified atom stereocenters. The molecule has 2 amide bonds. The number of quaternary nitrogens is 1. The van der Waals surface area contributed by atoms with Gasteiger partial charge in [-0.1, -0.05) is 11.6 Å². The van der Waals surface area contributed by atoms with E-state index < -0.39 is 0 Å². The molecule has 0 aliphatic heterocycles. The average molecular weight is 356 g/mol. The Labute approximate surface area is 154 Å². The van der Waals surface area contributed by atoms with Crippen molar-refractivity contribution in [3.05, 3.63) is 53.6 Å². The second-order valence-electron chi connectivity index (χ2n) is 6.43. The van der Waals surface area contributed by atoms with Gasteiger partial charge in [-0.2, -0.15) is 0 Å². The lowest BCUT2D eigenvalue weighted by atomic mass is 10.1.